The molecule has 2 atom stereocenters. The Morgan fingerprint density at radius 1 is 1.36 bits per heavy atom. The molecule has 3 heterocycles. The third-order valence-corrected chi connectivity index (χ3v) is 6.60. The molecule has 148 valence electrons. The molecule has 1 aliphatic heterocycles. The van der Waals surface area contributed by atoms with Gasteiger partial charge in [0.1, 0.15) is 11.5 Å². The van der Waals surface area contributed by atoms with Gasteiger partial charge in [-0.15, -0.1) is 5.10 Å². The number of aromatic nitrogens is 4. The van der Waals surface area contributed by atoms with Crippen LogP contribution in [0.1, 0.15) is 38.6 Å². The number of nitrogens with zero attached hydrogens (tertiary/aromatic N) is 5. The zero-order chi connectivity index (χ0) is 19.3. The molecule has 0 bridgehead atoms. The number of pyridine rings is 1. The van der Waals surface area contributed by atoms with Crippen LogP contribution in [-0.4, -0.2) is 56.6 Å². The van der Waals surface area contributed by atoms with E-state index in [1.54, 1.807) is 12.3 Å². The number of amides is 1. The number of anilines is 1. The maximum absolute atomic E-state index is 12.9. The van der Waals surface area contributed by atoms with Crippen molar-refractivity contribution in [1.82, 2.24) is 24.9 Å². The molecule has 2 aromatic rings. The third-order valence-electron chi connectivity index (χ3n) is 6.60. The number of carbonyl (C=O) groups excluding carboxylic acids is 1. The zero-order valence-corrected chi connectivity index (χ0v) is 16.1. The van der Waals surface area contributed by atoms with Gasteiger partial charge in [-0.3, -0.25) is 4.79 Å². The summed E-state index contributed by atoms with van der Waals surface area (Å²) in [6, 6.07) is 3.83. The van der Waals surface area contributed by atoms with E-state index in [-0.39, 0.29) is 17.4 Å². The Morgan fingerprint density at radius 3 is 2.96 bits per heavy atom. The van der Waals surface area contributed by atoms with Crippen molar-refractivity contribution >= 4 is 11.7 Å². The highest BCUT2D eigenvalue weighted by atomic mass is 16.5. The summed E-state index contributed by atoms with van der Waals surface area (Å²) in [5, 5.41) is 8.55. The first-order valence-corrected chi connectivity index (χ1v) is 10.1. The lowest BCUT2D eigenvalue weighted by Crippen LogP contribution is -2.38. The van der Waals surface area contributed by atoms with Crippen molar-refractivity contribution in [3.63, 3.8) is 0 Å². The van der Waals surface area contributed by atoms with Gasteiger partial charge in [-0.25, -0.2) is 9.67 Å². The van der Waals surface area contributed by atoms with Crippen molar-refractivity contribution in [3.05, 3.63) is 24.5 Å². The fourth-order valence-corrected chi connectivity index (χ4v) is 4.87. The summed E-state index contributed by atoms with van der Waals surface area (Å²) in [6.45, 7) is 4.30. The number of nitrogen functional groups attached to an aromatic ring is 1. The van der Waals surface area contributed by atoms with Crippen LogP contribution in [0.5, 0.6) is 0 Å². The maximum Gasteiger partial charge on any atom is 0.226 e. The van der Waals surface area contributed by atoms with E-state index in [1.807, 2.05) is 28.8 Å². The lowest BCUT2D eigenvalue weighted by molar-refractivity contribution is -0.134. The Morgan fingerprint density at radius 2 is 2.21 bits per heavy atom. The number of hydrogen-bond donors (Lipinski definition) is 1. The van der Waals surface area contributed by atoms with Gasteiger partial charge in [0.25, 0.3) is 0 Å². The van der Waals surface area contributed by atoms with Crippen molar-refractivity contribution in [1.29, 1.82) is 0 Å². The summed E-state index contributed by atoms with van der Waals surface area (Å²) in [5.41, 5.74) is 7.55. The van der Waals surface area contributed by atoms with Gasteiger partial charge in [-0.05, 0) is 50.2 Å². The van der Waals surface area contributed by atoms with Gasteiger partial charge >= 0.3 is 0 Å². The number of ether oxygens (including phenoxy) is 1. The van der Waals surface area contributed by atoms with Crippen molar-refractivity contribution in [2.24, 2.45) is 11.3 Å². The number of nitrogens with two attached hydrogens (primary N) is 1. The Bertz CT molecular complexity index is 873. The SMILES string of the molecule is CCOC1CC2(C1)CC2C(=O)N1CCC(n2cc(-c3ccc(N)nc3)nn2)C1. The van der Waals surface area contributed by atoms with Gasteiger partial charge in [0, 0.05) is 37.4 Å². The molecule has 28 heavy (non-hydrogen) atoms. The molecule has 8 heteroatoms. The molecule has 1 amide bonds. The van der Waals surface area contributed by atoms with Crippen LogP contribution < -0.4 is 5.73 Å². The summed E-state index contributed by atoms with van der Waals surface area (Å²) >= 11 is 0. The number of carbonyl (C=O) groups is 1. The van der Waals surface area contributed by atoms with Gasteiger partial charge in [0.15, 0.2) is 0 Å². The second-order valence-corrected chi connectivity index (χ2v) is 8.39. The van der Waals surface area contributed by atoms with Gasteiger partial charge in [-0.1, -0.05) is 5.21 Å². The summed E-state index contributed by atoms with van der Waals surface area (Å²) < 4.78 is 7.56. The molecular formula is C20H26N6O2. The smallest absolute Gasteiger partial charge is 0.226 e. The van der Waals surface area contributed by atoms with E-state index in [4.69, 9.17) is 10.5 Å². The molecule has 2 aliphatic carbocycles. The zero-order valence-electron chi connectivity index (χ0n) is 16.1. The summed E-state index contributed by atoms with van der Waals surface area (Å²) in [7, 11) is 0. The molecule has 0 radical (unpaired) electrons. The highest BCUT2D eigenvalue weighted by Gasteiger charge is 2.65. The molecule has 8 nitrogen and oxygen atoms in total. The fraction of sp³-hybridized carbons (Fsp3) is 0.600. The first-order valence-electron chi connectivity index (χ1n) is 10.1. The largest absolute Gasteiger partial charge is 0.384 e. The average Bonchev–Trinajstić information content (AvgIpc) is 3.03. The molecule has 2 N–H and O–H groups in total. The van der Waals surface area contributed by atoms with E-state index in [1.165, 1.54) is 0 Å². The van der Waals surface area contributed by atoms with Crippen LogP contribution in [0.4, 0.5) is 5.82 Å². The van der Waals surface area contributed by atoms with Crippen molar-refractivity contribution < 1.29 is 9.53 Å². The molecule has 3 fully saturated rings. The molecule has 1 saturated heterocycles. The van der Waals surface area contributed by atoms with Gasteiger partial charge in [0.2, 0.25) is 5.91 Å². The van der Waals surface area contributed by atoms with Crippen LogP contribution in [0, 0.1) is 11.3 Å². The number of hydrogen-bond acceptors (Lipinski definition) is 6. The molecule has 0 aromatic carbocycles. The second-order valence-electron chi connectivity index (χ2n) is 8.39. The van der Waals surface area contributed by atoms with Crippen LogP contribution in [-0.2, 0) is 9.53 Å². The number of rotatable bonds is 5. The molecule has 2 aromatic heterocycles. The van der Waals surface area contributed by atoms with Crippen LogP contribution in [0.25, 0.3) is 11.3 Å². The van der Waals surface area contributed by atoms with Crippen molar-refractivity contribution in [2.45, 2.75) is 44.8 Å². The quantitative estimate of drug-likeness (QED) is 0.848. The van der Waals surface area contributed by atoms with E-state index >= 15 is 0 Å². The molecular weight excluding hydrogens is 356 g/mol. The lowest BCUT2D eigenvalue weighted by atomic mass is 9.76. The van der Waals surface area contributed by atoms with Crippen LogP contribution >= 0.6 is 0 Å². The van der Waals surface area contributed by atoms with E-state index in [0.717, 1.165) is 50.1 Å². The first-order chi connectivity index (χ1) is 13.6. The van der Waals surface area contributed by atoms with Crippen LogP contribution in [0.15, 0.2) is 24.5 Å². The Hall–Kier alpha value is -2.48. The van der Waals surface area contributed by atoms with Gasteiger partial charge < -0.3 is 15.4 Å². The van der Waals surface area contributed by atoms with E-state index in [2.05, 4.69) is 15.3 Å². The van der Waals surface area contributed by atoms with Gasteiger partial charge in [-0.2, -0.15) is 0 Å². The molecule has 5 rings (SSSR count). The molecule has 1 spiro atoms. The van der Waals surface area contributed by atoms with E-state index < -0.39 is 0 Å². The Balaban J connectivity index is 1.19. The predicted molar refractivity (Wildman–Crippen MR) is 103 cm³/mol. The van der Waals surface area contributed by atoms with Crippen molar-refractivity contribution in [2.75, 3.05) is 25.4 Å². The van der Waals surface area contributed by atoms with Crippen molar-refractivity contribution in [3.8, 4) is 11.3 Å². The van der Waals surface area contributed by atoms with E-state index in [9.17, 15) is 4.79 Å². The lowest BCUT2D eigenvalue weighted by Gasteiger charge is -2.36. The standard InChI is InChI=1S/C20H26N6O2/c1-2-28-15-7-20(8-15)9-16(20)19(27)25-6-5-14(11-25)26-12-17(23-24-26)13-3-4-18(21)22-10-13/h3-4,10,12,14-16H,2,5-9,11H2,1H3,(H2,21,22). The minimum Gasteiger partial charge on any atom is -0.384 e. The maximum atomic E-state index is 12.9. The Labute approximate surface area is 164 Å². The summed E-state index contributed by atoms with van der Waals surface area (Å²) in [4.78, 5) is 19.1. The molecule has 2 saturated carbocycles. The fourth-order valence-electron chi connectivity index (χ4n) is 4.87. The summed E-state index contributed by atoms with van der Waals surface area (Å²) in [5.74, 6) is 1.01. The average molecular weight is 382 g/mol. The van der Waals surface area contributed by atoms with Crippen LogP contribution in [0.3, 0.4) is 0 Å². The highest BCUT2D eigenvalue weighted by Crippen LogP contribution is 2.66. The van der Waals surface area contributed by atoms with Crippen LogP contribution in [0.2, 0.25) is 0 Å². The monoisotopic (exact) mass is 382 g/mol. The third kappa shape index (κ3) is 2.96. The normalized spacial score (nSPS) is 31.2. The predicted octanol–water partition coefficient (Wildman–Crippen LogP) is 1.90. The van der Waals surface area contributed by atoms with E-state index in [0.29, 0.717) is 24.4 Å². The first kappa shape index (κ1) is 17.6. The highest BCUT2D eigenvalue weighted by molar-refractivity contribution is 5.83. The Kier molecular flexibility index (Phi) is 4.12. The number of likely N-dealkylation sites (tertiary alicyclic amines) is 1. The molecule has 3 aliphatic rings. The second kappa shape index (κ2) is 6.55. The minimum atomic E-state index is 0.180. The van der Waals surface area contributed by atoms with Gasteiger partial charge in [0.05, 0.1) is 18.3 Å². The topological polar surface area (TPSA) is 99.2 Å². The minimum absolute atomic E-state index is 0.180. The summed E-state index contributed by atoms with van der Waals surface area (Å²) in [6.07, 6.45) is 8.06. The molecule has 2 unspecified atom stereocenters.